The lowest BCUT2D eigenvalue weighted by Crippen LogP contribution is -2.26. The Morgan fingerprint density at radius 3 is 2.65 bits per heavy atom. The van der Waals surface area contributed by atoms with Gasteiger partial charge < -0.3 is 14.8 Å². The van der Waals surface area contributed by atoms with Gasteiger partial charge in [-0.25, -0.2) is 0 Å². The predicted octanol–water partition coefficient (Wildman–Crippen LogP) is 2.74. The molecule has 1 aromatic carbocycles. The lowest BCUT2D eigenvalue weighted by Gasteiger charge is -2.05. The quantitative estimate of drug-likeness (QED) is 0.431. The van der Waals surface area contributed by atoms with Gasteiger partial charge in [0.15, 0.2) is 0 Å². The van der Waals surface area contributed by atoms with Crippen LogP contribution in [0.25, 0.3) is 6.08 Å². The van der Waals surface area contributed by atoms with Crippen LogP contribution < -0.4 is 10.1 Å². The van der Waals surface area contributed by atoms with E-state index in [0.29, 0.717) is 31.7 Å². The molecule has 1 aromatic rings. The molecule has 0 aromatic heterocycles. The molecule has 0 radical (unpaired) electrons. The molecule has 5 nitrogen and oxygen atoms in total. The van der Waals surface area contributed by atoms with Crippen molar-refractivity contribution in [3.63, 3.8) is 0 Å². The Bertz CT molecular complexity index is 566. The van der Waals surface area contributed by atoms with Crippen LogP contribution in [0.2, 0.25) is 0 Å². The summed E-state index contributed by atoms with van der Waals surface area (Å²) >= 11 is 0. The van der Waals surface area contributed by atoms with E-state index in [1.54, 1.807) is 0 Å². The first-order valence-corrected chi connectivity index (χ1v) is 7.09. The van der Waals surface area contributed by atoms with Crippen LogP contribution in [-0.2, 0) is 9.53 Å². The minimum absolute atomic E-state index is 0.0102. The van der Waals surface area contributed by atoms with Crippen LogP contribution in [0.15, 0.2) is 29.8 Å². The Labute approximate surface area is 133 Å². The molecule has 0 atom stereocenters. The van der Waals surface area contributed by atoms with Gasteiger partial charge in [-0.1, -0.05) is 12.1 Å². The van der Waals surface area contributed by atoms with E-state index >= 15 is 0 Å². The normalized spacial score (nSPS) is 11.2. The van der Waals surface area contributed by atoms with E-state index in [1.807, 2.05) is 13.0 Å². The van der Waals surface area contributed by atoms with E-state index in [-0.39, 0.29) is 11.3 Å². The Balaban J connectivity index is 2.60. The van der Waals surface area contributed by atoms with Crippen molar-refractivity contribution in [1.29, 1.82) is 5.26 Å². The van der Waals surface area contributed by atoms with E-state index in [0.717, 1.165) is 0 Å². The summed E-state index contributed by atoms with van der Waals surface area (Å²) in [6.45, 7) is 0.538. The first kappa shape index (κ1) is 18.6. The van der Waals surface area contributed by atoms with E-state index in [9.17, 15) is 13.6 Å². The molecule has 1 rings (SSSR count). The Hall–Kier alpha value is -2.46. The highest BCUT2D eigenvalue weighted by molar-refractivity contribution is 6.01. The van der Waals surface area contributed by atoms with Crippen molar-refractivity contribution in [3.8, 4) is 11.8 Å². The first-order chi connectivity index (χ1) is 11.1. The van der Waals surface area contributed by atoms with Crippen molar-refractivity contribution in [3.05, 3.63) is 35.4 Å². The fraction of sp³-hybridized carbons (Fsp3) is 0.375. The zero-order valence-electron chi connectivity index (χ0n) is 12.7. The number of benzene rings is 1. The second kappa shape index (κ2) is 10.3. The second-order valence-corrected chi connectivity index (χ2v) is 4.42. The lowest BCUT2D eigenvalue weighted by molar-refractivity contribution is -0.117. The zero-order valence-corrected chi connectivity index (χ0v) is 12.7. The molecule has 0 bridgehead atoms. The summed E-state index contributed by atoms with van der Waals surface area (Å²) in [4.78, 5) is 11.9. The van der Waals surface area contributed by atoms with Crippen LogP contribution in [0.1, 0.15) is 18.9 Å². The van der Waals surface area contributed by atoms with Gasteiger partial charge in [0.25, 0.3) is 5.91 Å². The van der Waals surface area contributed by atoms with Crippen LogP contribution in [0.3, 0.4) is 0 Å². The third kappa shape index (κ3) is 7.38. The van der Waals surface area contributed by atoms with Crippen molar-refractivity contribution >= 4 is 12.0 Å². The topological polar surface area (TPSA) is 71.3 Å². The number of nitriles is 1. The maximum Gasteiger partial charge on any atom is 0.387 e. The van der Waals surface area contributed by atoms with E-state index in [1.165, 1.54) is 30.3 Å². The molecule has 1 amide bonds. The highest BCUT2D eigenvalue weighted by Gasteiger charge is 2.09. The number of nitrogens with one attached hydrogen (secondary N) is 1. The summed E-state index contributed by atoms with van der Waals surface area (Å²) < 4.78 is 33.5. The molecule has 0 saturated carbocycles. The maximum absolute atomic E-state index is 12.0. The number of hydrogen-bond acceptors (Lipinski definition) is 4. The first-order valence-electron chi connectivity index (χ1n) is 7.09. The Morgan fingerprint density at radius 1 is 1.39 bits per heavy atom. The average Bonchev–Trinajstić information content (AvgIpc) is 2.53. The Morgan fingerprint density at radius 2 is 2.09 bits per heavy atom. The third-order valence-electron chi connectivity index (χ3n) is 2.74. The zero-order chi connectivity index (χ0) is 17.1. The van der Waals surface area contributed by atoms with Gasteiger partial charge in [-0.05, 0) is 37.1 Å². The van der Waals surface area contributed by atoms with Gasteiger partial charge in [0.1, 0.15) is 17.4 Å². The summed E-state index contributed by atoms with van der Waals surface area (Å²) in [5, 5.41) is 11.7. The van der Waals surface area contributed by atoms with Crippen molar-refractivity contribution in [2.24, 2.45) is 0 Å². The summed E-state index contributed by atoms with van der Waals surface area (Å²) in [7, 11) is 0. The van der Waals surface area contributed by atoms with Crippen LogP contribution in [0.4, 0.5) is 8.78 Å². The third-order valence-corrected chi connectivity index (χ3v) is 2.74. The number of amides is 1. The number of ether oxygens (including phenoxy) is 2. The molecule has 0 aliphatic rings. The average molecular weight is 324 g/mol. The summed E-state index contributed by atoms with van der Waals surface area (Å²) in [5.41, 5.74) is 0.469. The lowest BCUT2D eigenvalue weighted by atomic mass is 10.1. The SMILES string of the molecule is CCOCCCNC(=O)/C(C#N)=C/c1ccc(OC(F)F)cc1. The van der Waals surface area contributed by atoms with Crippen LogP contribution >= 0.6 is 0 Å². The molecular formula is C16H18F2N2O3. The summed E-state index contributed by atoms with van der Waals surface area (Å²) in [6, 6.07) is 7.46. The van der Waals surface area contributed by atoms with Crippen molar-refractivity contribution in [1.82, 2.24) is 5.32 Å². The van der Waals surface area contributed by atoms with Gasteiger partial charge in [-0.15, -0.1) is 0 Å². The van der Waals surface area contributed by atoms with Gasteiger partial charge in [0.2, 0.25) is 0 Å². The molecule has 0 heterocycles. The molecule has 0 spiro atoms. The summed E-state index contributed by atoms with van der Waals surface area (Å²) in [5.74, 6) is -0.479. The van der Waals surface area contributed by atoms with Gasteiger partial charge >= 0.3 is 6.61 Å². The van der Waals surface area contributed by atoms with E-state index in [4.69, 9.17) is 10.00 Å². The van der Waals surface area contributed by atoms with Crippen LogP contribution in [0.5, 0.6) is 5.75 Å². The summed E-state index contributed by atoms with van der Waals surface area (Å²) in [6.07, 6.45) is 2.03. The molecule has 0 fully saturated rings. The second-order valence-electron chi connectivity index (χ2n) is 4.42. The number of alkyl halides is 2. The van der Waals surface area contributed by atoms with Gasteiger partial charge in [0, 0.05) is 19.8 Å². The molecule has 23 heavy (non-hydrogen) atoms. The molecule has 0 unspecified atom stereocenters. The number of halogens is 2. The maximum atomic E-state index is 12.0. The number of hydrogen-bond donors (Lipinski definition) is 1. The number of nitrogens with zero attached hydrogens (tertiary/aromatic N) is 1. The van der Waals surface area contributed by atoms with Crippen molar-refractivity contribution in [2.45, 2.75) is 20.0 Å². The molecule has 0 aliphatic carbocycles. The standard InChI is InChI=1S/C16H18F2N2O3/c1-2-22-9-3-8-20-15(21)13(11-19)10-12-4-6-14(7-5-12)23-16(17)18/h4-7,10,16H,2-3,8-9H2,1H3,(H,20,21)/b13-10+. The van der Waals surface area contributed by atoms with Gasteiger partial charge in [0.05, 0.1) is 0 Å². The number of rotatable bonds is 9. The molecule has 124 valence electrons. The minimum Gasteiger partial charge on any atom is -0.435 e. The fourth-order valence-corrected chi connectivity index (χ4v) is 1.68. The van der Waals surface area contributed by atoms with Gasteiger partial charge in [-0.3, -0.25) is 4.79 Å². The Kier molecular flexibility index (Phi) is 8.32. The smallest absolute Gasteiger partial charge is 0.387 e. The minimum atomic E-state index is -2.89. The highest BCUT2D eigenvalue weighted by Crippen LogP contribution is 2.16. The molecule has 1 N–H and O–H groups in total. The molecule has 0 aliphatic heterocycles. The van der Waals surface area contributed by atoms with Crippen LogP contribution in [0, 0.1) is 11.3 Å². The monoisotopic (exact) mass is 324 g/mol. The van der Waals surface area contributed by atoms with Gasteiger partial charge in [-0.2, -0.15) is 14.0 Å². The fourth-order valence-electron chi connectivity index (χ4n) is 1.68. The van der Waals surface area contributed by atoms with Crippen LogP contribution in [-0.4, -0.2) is 32.3 Å². The van der Waals surface area contributed by atoms with E-state index in [2.05, 4.69) is 10.1 Å². The molecule has 0 saturated heterocycles. The van der Waals surface area contributed by atoms with E-state index < -0.39 is 12.5 Å². The molecule has 7 heteroatoms. The molecular weight excluding hydrogens is 306 g/mol. The van der Waals surface area contributed by atoms with Crippen molar-refractivity contribution < 1.29 is 23.0 Å². The van der Waals surface area contributed by atoms with Crippen molar-refractivity contribution in [2.75, 3.05) is 19.8 Å². The number of carbonyl (C=O) groups is 1. The predicted molar refractivity (Wildman–Crippen MR) is 80.8 cm³/mol. The number of carbonyl (C=O) groups excluding carboxylic acids is 1. The largest absolute Gasteiger partial charge is 0.435 e. The highest BCUT2D eigenvalue weighted by atomic mass is 19.3.